The van der Waals surface area contributed by atoms with E-state index in [1.807, 2.05) is 0 Å². The van der Waals surface area contributed by atoms with E-state index in [2.05, 4.69) is 11.3 Å². The molecular formula is C2H12BN4. The topological polar surface area (TPSA) is 104 Å². The van der Waals surface area contributed by atoms with Crippen molar-refractivity contribution in [1.29, 1.82) is 0 Å². The van der Waals surface area contributed by atoms with Gasteiger partial charge in [0.15, 0.2) is 0 Å². The second-order valence-corrected chi connectivity index (χ2v) is 0.770. The summed E-state index contributed by atoms with van der Waals surface area (Å²) in [6.07, 6.45) is 0. The lowest BCUT2D eigenvalue weighted by molar-refractivity contribution is 0.976. The molecule has 0 spiro atoms. The zero-order valence-electron chi connectivity index (χ0n) is 4.30. The first-order valence-electron chi connectivity index (χ1n) is 1.98. The van der Waals surface area contributed by atoms with E-state index in [0.29, 0.717) is 13.1 Å². The van der Waals surface area contributed by atoms with Crippen LogP contribution in [0.25, 0.3) is 0 Å². The first-order valence-corrected chi connectivity index (χ1v) is 1.98. The molecule has 0 aliphatic heterocycles. The Bertz CT molecular complexity index is 17.2. The van der Waals surface area contributed by atoms with Gasteiger partial charge >= 0.3 is 7.55 Å². The fourth-order valence-corrected chi connectivity index (χ4v) is 0. The summed E-state index contributed by atoms with van der Waals surface area (Å²) >= 11 is 0. The summed E-state index contributed by atoms with van der Waals surface area (Å²) in [5.41, 5.74) is 18.8. The van der Waals surface area contributed by atoms with Gasteiger partial charge in [-0.1, -0.05) is 0 Å². The van der Waals surface area contributed by atoms with Crippen molar-refractivity contribution in [2.45, 2.75) is 0 Å². The fourth-order valence-electron chi connectivity index (χ4n) is 0. The third kappa shape index (κ3) is 110. The van der Waals surface area contributed by atoms with Crippen molar-refractivity contribution in [3.8, 4) is 0 Å². The van der Waals surface area contributed by atoms with Gasteiger partial charge in [0.25, 0.3) is 0 Å². The molecule has 8 N–H and O–H groups in total. The molecule has 0 fully saturated rings. The van der Waals surface area contributed by atoms with Crippen LogP contribution in [-0.4, -0.2) is 20.6 Å². The third-order valence-corrected chi connectivity index (χ3v) is 0.167. The molecule has 43 valence electrons. The average Bonchev–Trinajstić information content (AvgIpc) is 1.69. The van der Waals surface area contributed by atoms with Crippen LogP contribution < -0.4 is 22.8 Å². The van der Waals surface area contributed by atoms with Crippen LogP contribution in [0.4, 0.5) is 0 Å². The van der Waals surface area contributed by atoms with E-state index in [4.69, 9.17) is 11.5 Å². The van der Waals surface area contributed by atoms with Gasteiger partial charge in [-0.05, 0) is 0 Å². The predicted octanol–water partition coefficient (Wildman–Crippen LogP) is -2.66. The minimum atomic E-state index is 0.597. The normalized spacial score (nSPS) is 6.29. The second kappa shape index (κ2) is 16.8. The number of hydrogen-bond acceptors (Lipinski definition) is 4. The van der Waals surface area contributed by atoms with E-state index in [9.17, 15) is 0 Å². The highest BCUT2D eigenvalue weighted by atomic mass is 14.6. The van der Waals surface area contributed by atoms with Crippen LogP contribution in [0, 0.1) is 0 Å². The SMILES string of the molecule is NCCN.N[B]N. The lowest BCUT2D eigenvalue weighted by Crippen LogP contribution is -2.15. The Hall–Kier alpha value is -0.0951. The minimum absolute atomic E-state index is 0.597. The predicted molar refractivity (Wildman–Crippen MR) is 32.2 cm³/mol. The van der Waals surface area contributed by atoms with Crippen LogP contribution in [0.1, 0.15) is 0 Å². The Morgan fingerprint density at radius 2 is 1.14 bits per heavy atom. The number of nitrogens with two attached hydrogens (primary N) is 4. The molecule has 0 saturated carbocycles. The van der Waals surface area contributed by atoms with Crippen molar-refractivity contribution in [3.63, 3.8) is 0 Å². The van der Waals surface area contributed by atoms with E-state index in [0.717, 1.165) is 7.55 Å². The van der Waals surface area contributed by atoms with Gasteiger partial charge in [-0.2, -0.15) is 0 Å². The van der Waals surface area contributed by atoms with Crippen LogP contribution in [0.2, 0.25) is 0 Å². The zero-order chi connectivity index (χ0) is 6.12. The molecule has 0 atom stereocenters. The van der Waals surface area contributed by atoms with Gasteiger partial charge in [0.1, 0.15) is 0 Å². The van der Waals surface area contributed by atoms with E-state index < -0.39 is 0 Å². The zero-order valence-corrected chi connectivity index (χ0v) is 4.30. The van der Waals surface area contributed by atoms with Gasteiger partial charge < -0.3 is 22.8 Å². The average molecular weight is 103 g/mol. The Balaban J connectivity index is 0. The summed E-state index contributed by atoms with van der Waals surface area (Å²) in [7, 11) is 1.00. The molecule has 0 aromatic rings. The van der Waals surface area contributed by atoms with Gasteiger partial charge in [0.2, 0.25) is 0 Å². The van der Waals surface area contributed by atoms with Crippen LogP contribution in [0.3, 0.4) is 0 Å². The maximum absolute atomic E-state index is 4.90. The minimum Gasteiger partial charge on any atom is -0.360 e. The lowest BCUT2D eigenvalue weighted by atomic mass is 10.3. The molecule has 0 saturated heterocycles. The summed E-state index contributed by atoms with van der Waals surface area (Å²) < 4.78 is 0. The molecule has 0 rings (SSSR count). The molecule has 0 aliphatic carbocycles. The van der Waals surface area contributed by atoms with E-state index >= 15 is 0 Å². The summed E-state index contributed by atoms with van der Waals surface area (Å²) in [5, 5.41) is 0. The smallest absolute Gasteiger partial charge is 0.301 e. The molecule has 0 aromatic heterocycles. The summed E-state index contributed by atoms with van der Waals surface area (Å²) in [4.78, 5) is 0. The largest absolute Gasteiger partial charge is 0.360 e. The van der Waals surface area contributed by atoms with E-state index in [1.54, 1.807) is 0 Å². The lowest BCUT2D eigenvalue weighted by Gasteiger charge is -1.72. The van der Waals surface area contributed by atoms with Gasteiger partial charge in [0, 0.05) is 13.1 Å². The van der Waals surface area contributed by atoms with Crippen molar-refractivity contribution in [2.24, 2.45) is 22.8 Å². The van der Waals surface area contributed by atoms with Crippen molar-refractivity contribution in [2.75, 3.05) is 13.1 Å². The molecule has 0 amide bonds. The molecule has 0 unspecified atom stereocenters. The molecule has 7 heavy (non-hydrogen) atoms. The summed E-state index contributed by atoms with van der Waals surface area (Å²) in [6.45, 7) is 1.19. The highest BCUT2D eigenvalue weighted by Crippen LogP contribution is 1.24. The van der Waals surface area contributed by atoms with Crippen molar-refractivity contribution in [3.05, 3.63) is 0 Å². The molecule has 1 radical (unpaired) electrons. The van der Waals surface area contributed by atoms with Crippen LogP contribution in [-0.2, 0) is 0 Å². The molecule has 0 aliphatic rings. The highest BCUT2D eigenvalue weighted by Gasteiger charge is 1.54. The van der Waals surface area contributed by atoms with Crippen LogP contribution in [0.5, 0.6) is 0 Å². The van der Waals surface area contributed by atoms with Gasteiger partial charge in [-0.15, -0.1) is 0 Å². The third-order valence-electron chi connectivity index (χ3n) is 0.167. The first kappa shape index (κ1) is 10.0. The Labute approximate surface area is 44.5 Å². The Morgan fingerprint density at radius 3 is 1.14 bits per heavy atom. The van der Waals surface area contributed by atoms with Crippen molar-refractivity contribution < 1.29 is 0 Å². The molecule has 4 nitrogen and oxygen atoms in total. The standard InChI is InChI=1S/C2H8N2.BH4N2/c3-1-2-4;2-1-3/h1-4H2;2-3H2. The van der Waals surface area contributed by atoms with Gasteiger partial charge in [0.05, 0.1) is 0 Å². The highest BCUT2D eigenvalue weighted by molar-refractivity contribution is 6.26. The van der Waals surface area contributed by atoms with E-state index in [-0.39, 0.29) is 0 Å². The van der Waals surface area contributed by atoms with E-state index in [1.165, 1.54) is 0 Å². The fraction of sp³-hybridized carbons (Fsp3) is 1.00. The maximum atomic E-state index is 4.90. The quantitative estimate of drug-likeness (QED) is 0.272. The number of hydrogen-bond donors (Lipinski definition) is 4. The monoisotopic (exact) mass is 103 g/mol. The maximum Gasteiger partial charge on any atom is 0.301 e. The first-order chi connectivity index (χ1) is 3.33. The number of rotatable bonds is 1. The molecule has 0 bridgehead atoms. The Kier molecular flexibility index (Phi) is 24.1. The Morgan fingerprint density at radius 1 is 1.00 bits per heavy atom. The van der Waals surface area contributed by atoms with Crippen LogP contribution in [0.15, 0.2) is 0 Å². The van der Waals surface area contributed by atoms with Gasteiger partial charge in [-0.25, -0.2) is 0 Å². The van der Waals surface area contributed by atoms with Crippen molar-refractivity contribution >= 4 is 7.55 Å². The molecule has 0 heterocycles. The summed E-state index contributed by atoms with van der Waals surface area (Å²) in [5.74, 6) is 0. The molecule has 0 aromatic carbocycles. The van der Waals surface area contributed by atoms with Gasteiger partial charge in [-0.3, -0.25) is 0 Å². The second-order valence-electron chi connectivity index (χ2n) is 0.770. The summed E-state index contributed by atoms with van der Waals surface area (Å²) in [6, 6.07) is 0. The van der Waals surface area contributed by atoms with Crippen molar-refractivity contribution in [1.82, 2.24) is 0 Å². The molecule has 5 heteroatoms. The molecular weight excluding hydrogens is 90.9 g/mol. The van der Waals surface area contributed by atoms with Crippen LogP contribution >= 0.6 is 0 Å².